The van der Waals surface area contributed by atoms with Gasteiger partial charge in [-0.05, 0) is 37.6 Å². The van der Waals surface area contributed by atoms with E-state index in [9.17, 15) is 0 Å². The maximum absolute atomic E-state index is 4.46. The van der Waals surface area contributed by atoms with Gasteiger partial charge in [0.2, 0.25) is 0 Å². The van der Waals surface area contributed by atoms with E-state index in [2.05, 4.69) is 65.4 Å². The molecule has 1 aliphatic rings. The summed E-state index contributed by atoms with van der Waals surface area (Å²) in [5.74, 6) is 0. The zero-order chi connectivity index (χ0) is 14.0. The third-order valence-corrected chi connectivity index (χ3v) is 3.75. The van der Waals surface area contributed by atoms with Crippen molar-refractivity contribution in [1.82, 2.24) is 10.3 Å². The molecule has 0 amide bonds. The number of nitrogens with one attached hydrogen (secondary N) is 1. The minimum Gasteiger partial charge on any atom is -0.364 e. The number of hydrogen-bond acceptors (Lipinski definition) is 3. The lowest BCUT2D eigenvalue weighted by Gasteiger charge is -2.31. The Bertz CT molecular complexity index is 578. The van der Waals surface area contributed by atoms with E-state index in [0.717, 1.165) is 25.3 Å². The Morgan fingerprint density at radius 2 is 1.95 bits per heavy atom. The number of para-hydroxylation sites is 1. The average Bonchev–Trinajstić information content (AvgIpc) is 2.57. The van der Waals surface area contributed by atoms with Crippen LogP contribution in [-0.4, -0.2) is 17.1 Å². The summed E-state index contributed by atoms with van der Waals surface area (Å²) < 4.78 is 0. The fourth-order valence-corrected chi connectivity index (χ4v) is 2.75. The Labute approximate surface area is 120 Å². The second kappa shape index (κ2) is 5.25. The van der Waals surface area contributed by atoms with Gasteiger partial charge in [-0.15, -0.1) is 0 Å². The van der Waals surface area contributed by atoms with E-state index < -0.39 is 0 Å². The van der Waals surface area contributed by atoms with E-state index in [0.29, 0.717) is 0 Å². The van der Waals surface area contributed by atoms with Crippen LogP contribution < -0.4 is 10.2 Å². The molecule has 1 N–H and O–H groups in total. The summed E-state index contributed by atoms with van der Waals surface area (Å²) in [6, 6.07) is 14.7. The van der Waals surface area contributed by atoms with Crippen molar-refractivity contribution < 1.29 is 0 Å². The SMILES string of the molecule is CC1(C)CN(Cc2ccccn2)c2ccccc2CN1. The number of rotatable bonds is 2. The number of hydrogen-bond donors (Lipinski definition) is 1. The van der Waals surface area contributed by atoms with E-state index in [4.69, 9.17) is 0 Å². The predicted molar refractivity (Wildman–Crippen MR) is 82.6 cm³/mol. The molecule has 2 heterocycles. The smallest absolute Gasteiger partial charge is 0.0602 e. The Morgan fingerprint density at radius 3 is 2.75 bits per heavy atom. The lowest BCUT2D eigenvalue weighted by atomic mass is 10.1. The van der Waals surface area contributed by atoms with Crippen LogP contribution >= 0.6 is 0 Å². The zero-order valence-electron chi connectivity index (χ0n) is 12.1. The molecule has 1 aliphatic heterocycles. The van der Waals surface area contributed by atoms with Gasteiger partial charge in [-0.25, -0.2) is 0 Å². The fraction of sp³-hybridized carbons (Fsp3) is 0.353. The molecule has 0 aliphatic carbocycles. The van der Waals surface area contributed by atoms with Crippen LogP contribution in [0.4, 0.5) is 5.69 Å². The average molecular weight is 267 g/mol. The minimum atomic E-state index is 0.0911. The summed E-state index contributed by atoms with van der Waals surface area (Å²) in [5, 5.41) is 3.63. The van der Waals surface area contributed by atoms with Gasteiger partial charge in [0.15, 0.2) is 0 Å². The number of aromatic nitrogens is 1. The summed E-state index contributed by atoms with van der Waals surface area (Å²) in [4.78, 5) is 6.89. The van der Waals surface area contributed by atoms with Crippen LogP contribution in [-0.2, 0) is 13.1 Å². The van der Waals surface area contributed by atoms with Crippen molar-refractivity contribution in [2.24, 2.45) is 0 Å². The summed E-state index contributed by atoms with van der Waals surface area (Å²) in [7, 11) is 0. The van der Waals surface area contributed by atoms with Gasteiger partial charge in [0, 0.05) is 30.5 Å². The molecule has 0 saturated heterocycles. The first-order chi connectivity index (χ1) is 9.64. The van der Waals surface area contributed by atoms with Gasteiger partial charge in [-0.2, -0.15) is 0 Å². The van der Waals surface area contributed by atoms with E-state index in [1.807, 2.05) is 12.3 Å². The zero-order valence-corrected chi connectivity index (χ0v) is 12.1. The van der Waals surface area contributed by atoms with E-state index in [1.165, 1.54) is 11.3 Å². The molecule has 0 radical (unpaired) electrons. The van der Waals surface area contributed by atoms with Gasteiger partial charge in [0.05, 0.1) is 12.2 Å². The Balaban J connectivity index is 1.94. The summed E-state index contributed by atoms with van der Waals surface area (Å²) in [5.41, 5.74) is 3.87. The lowest BCUT2D eigenvalue weighted by Crippen LogP contribution is -2.46. The van der Waals surface area contributed by atoms with Crippen LogP contribution in [0, 0.1) is 0 Å². The molecule has 3 heteroatoms. The topological polar surface area (TPSA) is 28.2 Å². The highest BCUT2D eigenvalue weighted by atomic mass is 15.2. The van der Waals surface area contributed by atoms with Gasteiger partial charge in [0.25, 0.3) is 0 Å². The van der Waals surface area contributed by atoms with Gasteiger partial charge < -0.3 is 10.2 Å². The van der Waals surface area contributed by atoms with Crippen molar-refractivity contribution in [3.63, 3.8) is 0 Å². The third kappa shape index (κ3) is 2.83. The monoisotopic (exact) mass is 267 g/mol. The molecule has 3 nitrogen and oxygen atoms in total. The maximum Gasteiger partial charge on any atom is 0.0602 e. The van der Waals surface area contributed by atoms with Gasteiger partial charge in [0.1, 0.15) is 0 Å². The van der Waals surface area contributed by atoms with Crippen LogP contribution in [0.5, 0.6) is 0 Å². The van der Waals surface area contributed by atoms with E-state index >= 15 is 0 Å². The molecular formula is C17H21N3. The minimum absolute atomic E-state index is 0.0911. The maximum atomic E-state index is 4.46. The molecule has 0 bridgehead atoms. The molecule has 2 aromatic rings. The molecule has 20 heavy (non-hydrogen) atoms. The lowest BCUT2D eigenvalue weighted by molar-refractivity contribution is 0.394. The van der Waals surface area contributed by atoms with Crippen molar-refractivity contribution in [2.45, 2.75) is 32.5 Å². The van der Waals surface area contributed by atoms with Crippen LogP contribution in [0.3, 0.4) is 0 Å². The Morgan fingerprint density at radius 1 is 1.15 bits per heavy atom. The molecule has 1 aromatic carbocycles. The highest BCUT2D eigenvalue weighted by Crippen LogP contribution is 2.27. The molecule has 0 fully saturated rings. The first kappa shape index (κ1) is 13.1. The molecule has 0 spiro atoms. The quantitative estimate of drug-likeness (QED) is 0.906. The molecular weight excluding hydrogens is 246 g/mol. The number of nitrogens with zero attached hydrogens (tertiary/aromatic N) is 2. The van der Waals surface area contributed by atoms with Crippen molar-refractivity contribution in [1.29, 1.82) is 0 Å². The second-order valence-corrected chi connectivity index (χ2v) is 6.04. The van der Waals surface area contributed by atoms with Crippen molar-refractivity contribution >= 4 is 5.69 Å². The second-order valence-electron chi connectivity index (χ2n) is 6.04. The van der Waals surface area contributed by atoms with Crippen molar-refractivity contribution in [3.05, 3.63) is 59.9 Å². The molecule has 104 valence electrons. The standard InChI is InChI=1S/C17H21N3/c1-17(2)13-20(12-15-8-5-6-10-18-15)16-9-4-3-7-14(16)11-19-17/h3-10,19H,11-13H2,1-2H3. The van der Waals surface area contributed by atoms with Gasteiger partial charge >= 0.3 is 0 Å². The molecule has 0 atom stereocenters. The number of pyridine rings is 1. The number of benzene rings is 1. The third-order valence-electron chi connectivity index (χ3n) is 3.75. The van der Waals surface area contributed by atoms with E-state index in [-0.39, 0.29) is 5.54 Å². The van der Waals surface area contributed by atoms with Crippen molar-refractivity contribution in [2.75, 3.05) is 11.4 Å². The molecule has 1 aromatic heterocycles. The Hall–Kier alpha value is -1.87. The molecule has 3 rings (SSSR count). The molecule has 0 unspecified atom stereocenters. The molecule has 0 saturated carbocycles. The van der Waals surface area contributed by atoms with Gasteiger partial charge in [-0.3, -0.25) is 4.98 Å². The van der Waals surface area contributed by atoms with Crippen LogP contribution in [0.1, 0.15) is 25.1 Å². The van der Waals surface area contributed by atoms with Crippen LogP contribution in [0.2, 0.25) is 0 Å². The fourth-order valence-electron chi connectivity index (χ4n) is 2.75. The Kier molecular flexibility index (Phi) is 3.45. The highest BCUT2D eigenvalue weighted by Gasteiger charge is 2.26. The number of anilines is 1. The van der Waals surface area contributed by atoms with E-state index in [1.54, 1.807) is 0 Å². The summed E-state index contributed by atoms with van der Waals surface area (Å²) in [6.07, 6.45) is 1.86. The van der Waals surface area contributed by atoms with Crippen LogP contribution in [0.25, 0.3) is 0 Å². The normalized spacial score (nSPS) is 17.4. The van der Waals surface area contributed by atoms with Crippen LogP contribution in [0.15, 0.2) is 48.7 Å². The predicted octanol–water partition coefficient (Wildman–Crippen LogP) is 2.97. The highest BCUT2D eigenvalue weighted by molar-refractivity contribution is 5.55. The first-order valence-electron chi connectivity index (χ1n) is 7.12. The largest absolute Gasteiger partial charge is 0.364 e. The first-order valence-corrected chi connectivity index (χ1v) is 7.12. The summed E-state index contributed by atoms with van der Waals surface area (Å²) in [6.45, 7) is 7.25. The number of fused-ring (bicyclic) bond motifs is 1. The van der Waals surface area contributed by atoms with Gasteiger partial charge in [-0.1, -0.05) is 24.3 Å². The van der Waals surface area contributed by atoms with Crippen molar-refractivity contribution in [3.8, 4) is 0 Å². The summed E-state index contributed by atoms with van der Waals surface area (Å²) >= 11 is 0.